The van der Waals surface area contributed by atoms with E-state index < -0.39 is 70.0 Å². The molecule has 3 heterocycles. The van der Waals surface area contributed by atoms with E-state index in [0.29, 0.717) is 5.39 Å². The maximum absolute atomic E-state index is 13.1. The van der Waals surface area contributed by atoms with Gasteiger partial charge >= 0.3 is 5.97 Å². The van der Waals surface area contributed by atoms with E-state index in [0.717, 1.165) is 10.3 Å². The number of cyclic esters (lactones) is 1. The van der Waals surface area contributed by atoms with Gasteiger partial charge < -0.3 is 25.4 Å². The maximum atomic E-state index is 13.1. The van der Waals surface area contributed by atoms with E-state index in [2.05, 4.69) is 20.4 Å². The topological polar surface area (TPSA) is 172 Å². The van der Waals surface area contributed by atoms with Gasteiger partial charge in [-0.15, -0.1) is 0 Å². The minimum atomic E-state index is -3.71. The fourth-order valence-electron chi connectivity index (χ4n) is 3.87. The first kappa shape index (κ1) is 23.6. The Bertz CT molecular complexity index is 1260. The van der Waals surface area contributed by atoms with Crippen LogP contribution in [0.4, 0.5) is 0 Å². The van der Waals surface area contributed by atoms with Crippen LogP contribution in [0.3, 0.4) is 0 Å². The summed E-state index contributed by atoms with van der Waals surface area (Å²) in [6, 6.07) is 6.31. The van der Waals surface area contributed by atoms with Crippen LogP contribution in [0.1, 0.15) is 16.9 Å². The van der Waals surface area contributed by atoms with Crippen molar-refractivity contribution in [3.05, 3.63) is 42.2 Å². The molecule has 34 heavy (non-hydrogen) atoms. The Morgan fingerprint density at radius 2 is 1.94 bits per heavy atom. The van der Waals surface area contributed by atoms with E-state index in [1.54, 1.807) is 30.3 Å². The van der Waals surface area contributed by atoms with Gasteiger partial charge in [-0.05, 0) is 11.5 Å². The highest BCUT2D eigenvalue weighted by atomic mass is 32.2. The van der Waals surface area contributed by atoms with Crippen LogP contribution in [0.15, 0.2) is 36.5 Å². The number of nitrogens with zero attached hydrogens (tertiary/aromatic N) is 2. The van der Waals surface area contributed by atoms with Crippen LogP contribution in [0.5, 0.6) is 0 Å². The largest absolute Gasteiger partial charge is 0.434 e. The second-order valence-corrected chi connectivity index (χ2v) is 10.3. The van der Waals surface area contributed by atoms with Crippen molar-refractivity contribution in [2.75, 3.05) is 24.6 Å². The fourth-order valence-corrected chi connectivity index (χ4v) is 5.27. The second kappa shape index (κ2) is 9.35. The number of benzene rings is 1. The van der Waals surface area contributed by atoms with Crippen LogP contribution in [-0.2, 0) is 29.0 Å². The Balaban J connectivity index is 1.50. The molecule has 0 bridgehead atoms. The third-order valence-electron chi connectivity index (χ3n) is 5.56. The van der Waals surface area contributed by atoms with Crippen LogP contribution in [0.25, 0.3) is 10.8 Å². The number of fused-ring (bicyclic) bond motifs is 1. The molecule has 1 unspecified atom stereocenters. The molecule has 1 aromatic carbocycles. The Hall–Kier alpha value is -3.58. The smallest absolute Gasteiger partial charge is 0.310 e. The molecule has 3 atom stereocenters. The number of amides is 3. The molecule has 2 aliphatic rings. The van der Waals surface area contributed by atoms with Gasteiger partial charge in [0.2, 0.25) is 18.1 Å². The number of nitrogens with one attached hydrogen (secondary N) is 2. The zero-order valence-corrected chi connectivity index (χ0v) is 18.7. The van der Waals surface area contributed by atoms with Crippen molar-refractivity contribution >= 4 is 44.3 Å². The number of carbonyl (C=O) groups excluding carboxylic acids is 4. The molecule has 3 amide bonds. The molecular formula is C21H22N4O8S. The summed E-state index contributed by atoms with van der Waals surface area (Å²) < 4.78 is 29.4. The summed E-state index contributed by atoms with van der Waals surface area (Å²) in [5.41, 5.74) is 0.0386. The predicted molar refractivity (Wildman–Crippen MR) is 117 cm³/mol. The fraction of sp³-hybridized carbons (Fsp3) is 0.381. The van der Waals surface area contributed by atoms with Crippen LogP contribution in [-0.4, -0.2) is 90.1 Å². The van der Waals surface area contributed by atoms with Crippen LogP contribution in [0.2, 0.25) is 0 Å². The Kier molecular flexibility index (Phi) is 6.48. The molecule has 180 valence electrons. The summed E-state index contributed by atoms with van der Waals surface area (Å²) in [6.45, 7) is -0.777. The summed E-state index contributed by atoms with van der Waals surface area (Å²) in [5.74, 6) is -3.87. The monoisotopic (exact) mass is 490 g/mol. The van der Waals surface area contributed by atoms with Gasteiger partial charge in [-0.25, -0.2) is 8.42 Å². The van der Waals surface area contributed by atoms with Gasteiger partial charge in [-0.1, -0.05) is 24.3 Å². The molecule has 3 N–H and O–H groups in total. The number of esters is 1. The number of carbonyl (C=O) groups is 4. The summed E-state index contributed by atoms with van der Waals surface area (Å²) in [4.78, 5) is 54.7. The number of aliphatic hydroxyl groups is 1. The van der Waals surface area contributed by atoms with E-state index in [1.165, 1.54) is 6.20 Å². The number of rotatable bonds is 5. The van der Waals surface area contributed by atoms with Crippen LogP contribution >= 0.6 is 0 Å². The number of aromatic nitrogens is 1. The molecule has 2 aromatic rings. The zero-order valence-electron chi connectivity index (χ0n) is 17.8. The molecule has 13 heteroatoms. The predicted octanol–water partition coefficient (Wildman–Crippen LogP) is -1.66. The normalized spacial score (nSPS) is 24.4. The highest BCUT2D eigenvalue weighted by molar-refractivity contribution is 7.91. The van der Waals surface area contributed by atoms with Gasteiger partial charge in [0.25, 0.3) is 5.91 Å². The first-order valence-electron chi connectivity index (χ1n) is 10.4. The lowest BCUT2D eigenvalue weighted by atomic mass is 10.1. The van der Waals surface area contributed by atoms with E-state index in [-0.39, 0.29) is 18.7 Å². The Morgan fingerprint density at radius 3 is 2.68 bits per heavy atom. The molecule has 2 saturated heterocycles. The number of hydrogen-bond donors (Lipinski definition) is 3. The van der Waals surface area contributed by atoms with Crippen molar-refractivity contribution in [2.45, 2.75) is 24.8 Å². The first-order chi connectivity index (χ1) is 16.1. The summed E-state index contributed by atoms with van der Waals surface area (Å²) in [7, 11) is -3.71. The third-order valence-corrected chi connectivity index (χ3v) is 7.21. The quantitative estimate of drug-likeness (QED) is 0.415. The lowest BCUT2D eigenvalue weighted by Crippen LogP contribution is -2.53. The lowest BCUT2D eigenvalue weighted by Gasteiger charge is -2.24. The second-order valence-electron chi connectivity index (χ2n) is 8.04. The molecule has 0 radical (unpaired) electrons. The highest BCUT2D eigenvalue weighted by Crippen LogP contribution is 2.17. The summed E-state index contributed by atoms with van der Waals surface area (Å²) >= 11 is 0. The zero-order chi connectivity index (χ0) is 24.5. The third kappa shape index (κ3) is 5.15. The van der Waals surface area contributed by atoms with Crippen molar-refractivity contribution in [2.24, 2.45) is 0 Å². The molecule has 0 saturated carbocycles. The molecule has 0 spiro atoms. The lowest BCUT2D eigenvalue weighted by molar-refractivity contribution is -0.155. The number of hydrogen-bond acceptors (Lipinski definition) is 9. The minimum absolute atomic E-state index is 0.0386. The van der Waals surface area contributed by atoms with Crippen molar-refractivity contribution in [1.82, 2.24) is 20.5 Å². The minimum Gasteiger partial charge on any atom is -0.434 e. The Labute approximate surface area is 194 Å². The molecule has 4 rings (SSSR count). The molecule has 2 fully saturated rings. The number of ether oxygens (including phenoxy) is 1. The van der Waals surface area contributed by atoms with E-state index in [4.69, 9.17) is 0 Å². The maximum Gasteiger partial charge on any atom is 0.310 e. The van der Waals surface area contributed by atoms with Crippen molar-refractivity contribution in [3.8, 4) is 0 Å². The highest BCUT2D eigenvalue weighted by Gasteiger charge is 2.38. The van der Waals surface area contributed by atoms with Gasteiger partial charge in [-0.3, -0.25) is 24.2 Å². The van der Waals surface area contributed by atoms with Gasteiger partial charge in [0, 0.05) is 18.1 Å². The van der Waals surface area contributed by atoms with E-state index in [1.807, 2.05) is 0 Å². The number of sulfone groups is 1. The van der Waals surface area contributed by atoms with Crippen molar-refractivity contribution in [3.63, 3.8) is 0 Å². The molecule has 2 aliphatic heterocycles. The van der Waals surface area contributed by atoms with Gasteiger partial charge in [-0.2, -0.15) is 0 Å². The number of aliphatic hydroxyl groups excluding tert-OH is 1. The first-order valence-corrected chi connectivity index (χ1v) is 12.3. The molecule has 1 aromatic heterocycles. The standard InChI is InChI=1S/C21H22N4O8S/c26-16(23-14-9-17(27)33-21(14)30)10-25-7-8-34(31,32)11-15(20(25)29)24-19(28)18-13-4-2-1-3-12(13)5-6-22-18/h1-6,14-15,21,30H,7-11H2,(H,23,26)(H,24,28)/t14-,15-,21?/m0/s1. The molecular weight excluding hydrogens is 468 g/mol. The number of pyridine rings is 1. The average molecular weight is 490 g/mol. The van der Waals surface area contributed by atoms with Gasteiger partial charge in [0.05, 0.1) is 24.5 Å². The van der Waals surface area contributed by atoms with Gasteiger partial charge in [0.1, 0.15) is 17.8 Å². The van der Waals surface area contributed by atoms with E-state index >= 15 is 0 Å². The SMILES string of the molecule is O=C(CN1CCS(=O)(=O)C[C@H](NC(=O)c2nccc3ccccc23)C1=O)N[C@H]1CC(=O)OC1O. The molecule has 0 aliphatic carbocycles. The van der Waals surface area contributed by atoms with Crippen LogP contribution in [0, 0.1) is 0 Å². The van der Waals surface area contributed by atoms with Crippen LogP contribution < -0.4 is 10.6 Å². The summed E-state index contributed by atoms with van der Waals surface area (Å²) in [6.07, 6.45) is -0.297. The summed E-state index contributed by atoms with van der Waals surface area (Å²) in [5, 5.41) is 15.8. The molecule has 12 nitrogen and oxygen atoms in total. The van der Waals surface area contributed by atoms with E-state index in [9.17, 15) is 32.7 Å². The van der Waals surface area contributed by atoms with Crippen molar-refractivity contribution in [1.29, 1.82) is 0 Å². The van der Waals surface area contributed by atoms with Gasteiger partial charge in [0.15, 0.2) is 9.84 Å². The Morgan fingerprint density at radius 1 is 1.18 bits per heavy atom. The average Bonchev–Trinajstić information content (AvgIpc) is 3.05. The van der Waals surface area contributed by atoms with Crippen molar-refractivity contribution < 1.29 is 37.4 Å².